The van der Waals surface area contributed by atoms with E-state index in [1.807, 2.05) is 18.5 Å². The van der Waals surface area contributed by atoms with Crippen molar-refractivity contribution in [3.05, 3.63) is 66.2 Å². The number of hydrogen-bond acceptors (Lipinski definition) is 7. The Bertz CT molecular complexity index is 1140. The van der Waals surface area contributed by atoms with Gasteiger partial charge in [-0.25, -0.2) is 9.78 Å². The minimum atomic E-state index is -0.653. The van der Waals surface area contributed by atoms with E-state index in [1.165, 1.54) is 23.4 Å². The average Bonchev–Trinajstić information content (AvgIpc) is 3.64. The molecule has 1 aliphatic rings. The van der Waals surface area contributed by atoms with E-state index in [4.69, 9.17) is 4.74 Å². The van der Waals surface area contributed by atoms with Gasteiger partial charge < -0.3 is 20.4 Å². The van der Waals surface area contributed by atoms with Gasteiger partial charge in [-0.15, -0.1) is 0 Å². The SMILES string of the molecule is COC(=O)[C@H](CCSC)NC(=O)CN(Cc1cccc2ccccc12)C(Cc1cnc[nH]1)[C@@H]1CCCN1. The summed E-state index contributed by atoms with van der Waals surface area (Å²) in [7, 11) is 1.36. The largest absolute Gasteiger partial charge is 0.467 e. The molecule has 37 heavy (non-hydrogen) atoms. The molecule has 1 fully saturated rings. The first-order chi connectivity index (χ1) is 18.1. The van der Waals surface area contributed by atoms with E-state index in [0.717, 1.165) is 37.3 Å². The van der Waals surface area contributed by atoms with Crippen LogP contribution in [0.3, 0.4) is 0 Å². The van der Waals surface area contributed by atoms with Gasteiger partial charge in [0.1, 0.15) is 6.04 Å². The lowest BCUT2D eigenvalue weighted by Gasteiger charge is -2.36. The van der Waals surface area contributed by atoms with Crippen molar-refractivity contribution in [1.82, 2.24) is 25.5 Å². The van der Waals surface area contributed by atoms with Crippen molar-refractivity contribution < 1.29 is 14.3 Å². The van der Waals surface area contributed by atoms with Crippen molar-refractivity contribution >= 4 is 34.4 Å². The highest BCUT2D eigenvalue weighted by atomic mass is 32.2. The number of amides is 1. The summed E-state index contributed by atoms with van der Waals surface area (Å²) < 4.78 is 4.96. The Labute approximate surface area is 222 Å². The van der Waals surface area contributed by atoms with Gasteiger partial charge in [0, 0.05) is 36.9 Å². The first kappa shape index (κ1) is 27.2. The third kappa shape index (κ3) is 7.34. The first-order valence-electron chi connectivity index (χ1n) is 12.9. The highest BCUT2D eigenvalue weighted by Crippen LogP contribution is 2.24. The monoisotopic (exact) mass is 523 g/mol. The summed E-state index contributed by atoms with van der Waals surface area (Å²) in [6.45, 7) is 1.75. The number of nitrogens with zero attached hydrogens (tertiary/aromatic N) is 2. The van der Waals surface area contributed by atoms with Crippen LogP contribution in [0.2, 0.25) is 0 Å². The molecule has 0 radical (unpaired) electrons. The van der Waals surface area contributed by atoms with Crippen LogP contribution in [0.25, 0.3) is 10.8 Å². The maximum atomic E-state index is 13.4. The molecule has 0 bridgehead atoms. The number of carbonyl (C=O) groups is 2. The highest BCUT2D eigenvalue weighted by Gasteiger charge is 2.32. The lowest BCUT2D eigenvalue weighted by molar-refractivity contribution is -0.145. The zero-order valence-corrected chi connectivity index (χ0v) is 22.4. The van der Waals surface area contributed by atoms with Crippen molar-refractivity contribution in [3.8, 4) is 0 Å². The maximum absolute atomic E-state index is 13.4. The highest BCUT2D eigenvalue weighted by molar-refractivity contribution is 7.98. The van der Waals surface area contributed by atoms with Crippen LogP contribution in [0.1, 0.15) is 30.5 Å². The van der Waals surface area contributed by atoms with E-state index in [2.05, 4.69) is 61.9 Å². The molecule has 1 aliphatic heterocycles. The molecule has 1 amide bonds. The summed E-state index contributed by atoms with van der Waals surface area (Å²) >= 11 is 1.64. The van der Waals surface area contributed by atoms with Crippen LogP contribution in [0.4, 0.5) is 0 Å². The normalized spacial score (nSPS) is 17.1. The lowest BCUT2D eigenvalue weighted by Crippen LogP contribution is -2.53. The summed E-state index contributed by atoms with van der Waals surface area (Å²) in [5, 5.41) is 8.97. The molecule has 0 aliphatic carbocycles. The molecule has 8 nitrogen and oxygen atoms in total. The second kappa shape index (κ2) is 13.6. The predicted octanol–water partition coefficient (Wildman–Crippen LogP) is 3.14. The number of hydrogen-bond donors (Lipinski definition) is 3. The Morgan fingerprint density at radius 3 is 2.81 bits per heavy atom. The van der Waals surface area contributed by atoms with Crippen LogP contribution in [-0.2, 0) is 27.3 Å². The molecule has 3 aromatic rings. The summed E-state index contributed by atoms with van der Waals surface area (Å²) in [4.78, 5) is 35.5. The van der Waals surface area contributed by atoms with E-state index >= 15 is 0 Å². The Morgan fingerprint density at radius 2 is 2.08 bits per heavy atom. The van der Waals surface area contributed by atoms with E-state index in [9.17, 15) is 9.59 Å². The zero-order chi connectivity index (χ0) is 26.0. The molecule has 3 N–H and O–H groups in total. The average molecular weight is 524 g/mol. The lowest BCUT2D eigenvalue weighted by atomic mass is 9.97. The fraction of sp³-hybridized carbons (Fsp3) is 0.464. The quantitative estimate of drug-likeness (QED) is 0.296. The van der Waals surface area contributed by atoms with E-state index in [1.54, 1.807) is 18.1 Å². The number of ether oxygens (including phenoxy) is 1. The van der Waals surface area contributed by atoms with Crippen molar-refractivity contribution in [1.29, 1.82) is 0 Å². The van der Waals surface area contributed by atoms with Gasteiger partial charge in [0.2, 0.25) is 5.91 Å². The van der Waals surface area contributed by atoms with Crippen molar-refractivity contribution in [2.24, 2.45) is 0 Å². The minimum absolute atomic E-state index is 0.0652. The molecular formula is C28H37N5O3S. The summed E-state index contributed by atoms with van der Waals surface area (Å²) in [6.07, 6.45) is 8.96. The number of esters is 1. The van der Waals surface area contributed by atoms with Crippen LogP contribution in [-0.4, -0.2) is 77.1 Å². The number of carbonyl (C=O) groups excluding carboxylic acids is 2. The van der Waals surface area contributed by atoms with E-state index < -0.39 is 12.0 Å². The van der Waals surface area contributed by atoms with Crippen molar-refractivity contribution in [2.45, 2.75) is 50.4 Å². The third-order valence-corrected chi connectivity index (χ3v) is 7.69. The number of H-pyrrole nitrogens is 1. The van der Waals surface area contributed by atoms with Gasteiger partial charge in [-0.2, -0.15) is 11.8 Å². The molecular weight excluding hydrogens is 486 g/mol. The Morgan fingerprint density at radius 1 is 1.24 bits per heavy atom. The smallest absolute Gasteiger partial charge is 0.328 e. The second-order valence-electron chi connectivity index (χ2n) is 9.52. The van der Waals surface area contributed by atoms with Crippen LogP contribution < -0.4 is 10.6 Å². The number of thioether (sulfide) groups is 1. The first-order valence-corrected chi connectivity index (χ1v) is 14.3. The van der Waals surface area contributed by atoms with Gasteiger partial charge in [0.25, 0.3) is 0 Å². The topological polar surface area (TPSA) is 99.3 Å². The number of aromatic nitrogens is 2. The maximum Gasteiger partial charge on any atom is 0.328 e. The molecule has 1 saturated heterocycles. The number of fused-ring (bicyclic) bond motifs is 1. The Balaban J connectivity index is 1.62. The standard InChI is InChI=1S/C28H37N5O3S/c1-36-28(35)25(12-14-37-2)32-27(34)18-33(17-21-9-5-8-20-7-3-4-10-23(20)21)26(24-11-6-13-30-24)15-22-16-29-19-31-22/h3-5,7-10,16,19,24-26,30H,6,11-15,17-18H2,1-2H3,(H,29,31)(H,32,34)/t24-,25-,26?/m0/s1. The number of nitrogens with one attached hydrogen (secondary N) is 3. The van der Waals surface area contributed by atoms with Gasteiger partial charge in [0.15, 0.2) is 0 Å². The molecule has 2 heterocycles. The van der Waals surface area contributed by atoms with Gasteiger partial charge in [0.05, 0.1) is 20.0 Å². The van der Waals surface area contributed by atoms with Gasteiger partial charge >= 0.3 is 5.97 Å². The molecule has 1 aromatic heterocycles. The number of benzene rings is 2. The van der Waals surface area contributed by atoms with Gasteiger partial charge in [-0.05, 0) is 54.2 Å². The minimum Gasteiger partial charge on any atom is -0.467 e. The summed E-state index contributed by atoms with van der Waals surface area (Å²) in [5.41, 5.74) is 2.21. The molecule has 9 heteroatoms. The van der Waals surface area contributed by atoms with Crippen LogP contribution in [0.5, 0.6) is 0 Å². The van der Waals surface area contributed by atoms with Crippen molar-refractivity contribution in [2.75, 3.05) is 32.2 Å². The molecule has 0 saturated carbocycles. The number of imidazole rings is 1. The number of rotatable bonds is 13. The summed E-state index contributed by atoms with van der Waals surface area (Å²) in [5.74, 6) is 0.174. The molecule has 1 unspecified atom stereocenters. The molecule has 0 spiro atoms. The number of methoxy groups -OCH3 is 1. The van der Waals surface area contributed by atoms with E-state index in [0.29, 0.717) is 13.0 Å². The fourth-order valence-electron chi connectivity index (χ4n) is 5.18. The predicted molar refractivity (Wildman–Crippen MR) is 148 cm³/mol. The summed E-state index contributed by atoms with van der Waals surface area (Å²) in [6, 6.07) is 14.3. The fourth-order valence-corrected chi connectivity index (χ4v) is 5.65. The molecule has 4 rings (SSSR count). The zero-order valence-electron chi connectivity index (χ0n) is 21.6. The molecule has 198 valence electrons. The van der Waals surface area contributed by atoms with Gasteiger partial charge in [-0.1, -0.05) is 42.5 Å². The Hall–Kier alpha value is -2.88. The molecule has 2 aromatic carbocycles. The van der Waals surface area contributed by atoms with E-state index in [-0.39, 0.29) is 24.5 Å². The van der Waals surface area contributed by atoms with Gasteiger partial charge in [-0.3, -0.25) is 9.69 Å². The van der Waals surface area contributed by atoms with Crippen LogP contribution in [0.15, 0.2) is 55.0 Å². The number of aromatic amines is 1. The van der Waals surface area contributed by atoms with Crippen LogP contribution >= 0.6 is 11.8 Å². The Kier molecular flexibility index (Phi) is 9.99. The third-order valence-electron chi connectivity index (χ3n) is 7.05. The second-order valence-corrected chi connectivity index (χ2v) is 10.5. The van der Waals surface area contributed by atoms with Crippen molar-refractivity contribution in [3.63, 3.8) is 0 Å². The van der Waals surface area contributed by atoms with Crippen LogP contribution in [0, 0.1) is 0 Å². The molecule has 3 atom stereocenters.